The van der Waals surface area contributed by atoms with Crippen LogP contribution in [0.1, 0.15) is 64.9 Å². The lowest BCUT2D eigenvalue weighted by Crippen LogP contribution is -2.54. The van der Waals surface area contributed by atoms with Crippen molar-refractivity contribution >= 4 is 23.8 Å². The van der Waals surface area contributed by atoms with Crippen LogP contribution in [0.15, 0.2) is 30.3 Å². The van der Waals surface area contributed by atoms with Crippen LogP contribution in [0, 0.1) is 11.3 Å². The van der Waals surface area contributed by atoms with Crippen LogP contribution in [0.25, 0.3) is 0 Å². The van der Waals surface area contributed by atoms with Crippen LogP contribution in [0.5, 0.6) is 0 Å². The fraction of sp³-hybridized carbons (Fsp3) is 0.643. The minimum absolute atomic E-state index is 0.111. The monoisotopic (exact) mass is 496 g/mol. The second-order valence-corrected chi connectivity index (χ2v) is 11.6. The van der Waals surface area contributed by atoms with Crippen molar-refractivity contribution in [2.45, 2.75) is 71.3 Å². The van der Waals surface area contributed by atoms with Crippen LogP contribution in [0.4, 0.5) is 4.79 Å². The first kappa shape index (κ1) is 26.2. The number of benzene rings is 1. The number of urea groups is 1. The van der Waals surface area contributed by atoms with E-state index in [0.29, 0.717) is 51.4 Å². The average molecular weight is 497 g/mol. The van der Waals surface area contributed by atoms with Crippen molar-refractivity contribution in [2.75, 3.05) is 32.7 Å². The number of rotatable bonds is 6. The standard InChI is InChI=1S/C28H40N4O4/c1-27(2,3)22-12-14-28(15-13-22)25(35)32(26(36)29-28)20-24(34)31-18-16-30(17-19-31)23(33)11-7-10-21-8-5-4-6-9-21/h4-6,8-9,22H,7,10-20H2,1-3H3,(H,29,36). The number of amides is 5. The maximum Gasteiger partial charge on any atom is 0.325 e. The number of aryl methyl sites for hydroxylation is 1. The van der Waals surface area contributed by atoms with E-state index in [1.54, 1.807) is 4.90 Å². The van der Waals surface area contributed by atoms with Gasteiger partial charge < -0.3 is 15.1 Å². The van der Waals surface area contributed by atoms with Gasteiger partial charge in [-0.05, 0) is 55.4 Å². The predicted octanol–water partition coefficient (Wildman–Crippen LogP) is 3.21. The molecule has 0 bridgehead atoms. The molecule has 2 aliphatic heterocycles. The molecular weight excluding hydrogens is 456 g/mol. The zero-order valence-electron chi connectivity index (χ0n) is 21.9. The highest BCUT2D eigenvalue weighted by atomic mass is 16.2. The summed E-state index contributed by atoms with van der Waals surface area (Å²) < 4.78 is 0. The molecule has 0 unspecified atom stereocenters. The van der Waals surface area contributed by atoms with E-state index in [1.165, 1.54) is 5.56 Å². The maximum atomic E-state index is 13.2. The number of hydrogen-bond donors (Lipinski definition) is 1. The van der Waals surface area contributed by atoms with Gasteiger partial charge in [0.25, 0.3) is 5.91 Å². The van der Waals surface area contributed by atoms with Gasteiger partial charge in [0.15, 0.2) is 0 Å². The predicted molar refractivity (Wildman–Crippen MR) is 137 cm³/mol. The van der Waals surface area contributed by atoms with Crippen LogP contribution >= 0.6 is 0 Å². The Balaban J connectivity index is 1.22. The lowest BCUT2D eigenvalue weighted by Gasteiger charge is -2.40. The van der Waals surface area contributed by atoms with E-state index in [-0.39, 0.29) is 29.7 Å². The fourth-order valence-corrected chi connectivity index (χ4v) is 5.82. The van der Waals surface area contributed by atoms with Crippen molar-refractivity contribution in [3.63, 3.8) is 0 Å². The van der Waals surface area contributed by atoms with Gasteiger partial charge in [-0.1, -0.05) is 51.1 Å². The van der Waals surface area contributed by atoms with E-state index in [9.17, 15) is 19.2 Å². The summed E-state index contributed by atoms with van der Waals surface area (Å²) in [7, 11) is 0. The molecule has 3 aliphatic rings. The first-order valence-electron chi connectivity index (χ1n) is 13.3. The highest BCUT2D eigenvalue weighted by Crippen LogP contribution is 2.43. The van der Waals surface area contributed by atoms with Crippen LogP contribution in [-0.2, 0) is 20.8 Å². The number of hydrogen-bond acceptors (Lipinski definition) is 4. The van der Waals surface area contributed by atoms with Gasteiger partial charge in [0.05, 0.1) is 0 Å². The molecule has 0 radical (unpaired) electrons. The van der Waals surface area contributed by atoms with Crippen molar-refractivity contribution in [2.24, 2.45) is 11.3 Å². The molecular formula is C28H40N4O4. The summed E-state index contributed by atoms with van der Waals surface area (Å²) in [5.74, 6) is 0.122. The molecule has 1 N–H and O–H groups in total. The molecule has 1 aromatic rings. The highest BCUT2D eigenvalue weighted by molar-refractivity contribution is 6.09. The molecule has 1 spiro atoms. The SMILES string of the molecule is CC(C)(C)C1CCC2(CC1)NC(=O)N(CC(=O)N1CCN(C(=O)CCCc3ccccc3)CC1)C2=O. The normalized spacial score (nSPS) is 24.9. The van der Waals surface area contributed by atoms with Crippen LogP contribution in [-0.4, -0.2) is 76.7 Å². The maximum absolute atomic E-state index is 13.2. The zero-order chi connectivity index (χ0) is 25.9. The molecule has 1 aromatic carbocycles. The molecule has 196 valence electrons. The van der Waals surface area contributed by atoms with Crippen molar-refractivity contribution in [1.29, 1.82) is 0 Å². The summed E-state index contributed by atoms with van der Waals surface area (Å²) in [6.45, 7) is 8.22. The average Bonchev–Trinajstić information content (AvgIpc) is 3.08. The summed E-state index contributed by atoms with van der Waals surface area (Å²) >= 11 is 0. The molecule has 8 heteroatoms. The van der Waals surface area contributed by atoms with Gasteiger partial charge in [-0.25, -0.2) is 4.79 Å². The Morgan fingerprint density at radius 2 is 1.53 bits per heavy atom. The summed E-state index contributed by atoms with van der Waals surface area (Å²) in [6.07, 6.45) is 5.17. The quantitative estimate of drug-likeness (QED) is 0.613. The van der Waals surface area contributed by atoms with E-state index >= 15 is 0 Å². The minimum atomic E-state index is -0.857. The van der Waals surface area contributed by atoms with Gasteiger partial charge in [0, 0.05) is 32.6 Å². The molecule has 5 amide bonds. The first-order chi connectivity index (χ1) is 17.1. The number of carbonyl (C=O) groups excluding carboxylic acids is 4. The van der Waals surface area contributed by atoms with E-state index in [0.717, 1.165) is 30.6 Å². The van der Waals surface area contributed by atoms with Crippen molar-refractivity contribution in [3.8, 4) is 0 Å². The van der Waals surface area contributed by atoms with E-state index in [2.05, 4.69) is 38.2 Å². The molecule has 36 heavy (non-hydrogen) atoms. The Labute approximate surface area is 214 Å². The number of nitrogens with zero attached hydrogens (tertiary/aromatic N) is 3. The third-order valence-electron chi connectivity index (χ3n) is 8.29. The Bertz CT molecular complexity index is 971. The Kier molecular flexibility index (Phi) is 7.71. The third kappa shape index (κ3) is 5.73. The van der Waals surface area contributed by atoms with Crippen molar-refractivity contribution in [1.82, 2.24) is 20.0 Å². The smallest absolute Gasteiger partial charge is 0.325 e. The molecule has 1 saturated carbocycles. The molecule has 2 heterocycles. The summed E-state index contributed by atoms with van der Waals surface area (Å²) in [5, 5.41) is 2.92. The molecule has 0 atom stereocenters. The highest BCUT2D eigenvalue weighted by Gasteiger charge is 2.53. The van der Waals surface area contributed by atoms with Crippen LogP contribution < -0.4 is 5.32 Å². The van der Waals surface area contributed by atoms with Gasteiger partial charge in [-0.2, -0.15) is 0 Å². The molecule has 0 aromatic heterocycles. The molecule has 1 aliphatic carbocycles. The largest absolute Gasteiger partial charge is 0.339 e. The molecule has 2 saturated heterocycles. The van der Waals surface area contributed by atoms with Gasteiger partial charge >= 0.3 is 6.03 Å². The summed E-state index contributed by atoms with van der Waals surface area (Å²) in [4.78, 5) is 56.0. The summed E-state index contributed by atoms with van der Waals surface area (Å²) in [6, 6.07) is 9.67. The fourth-order valence-electron chi connectivity index (χ4n) is 5.82. The number of piperazine rings is 1. The van der Waals surface area contributed by atoms with Crippen molar-refractivity contribution in [3.05, 3.63) is 35.9 Å². The van der Waals surface area contributed by atoms with Gasteiger partial charge in [0.1, 0.15) is 12.1 Å². The number of imide groups is 1. The minimum Gasteiger partial charge on any atom is -0.339 e. The van der Waals surface area contributed by atoms with E-state index in [4.69, 9.17) is 0 Å². The third-order valence-corrected chi connectivity index (χ3v) is 8.29. The molecule has 8 nitrogen and oxygen atoms in total. The lowest BCUT2D eigenvalue weighted by molar-refractivity contribution is -0.142. The first-order valence-corrected chi connectivity index (χ1v) is 13.3. The van der Waals surface area contributed by atoms with E-state index < -0.39 is 11.6 Å². The molecule has 3 fully saturated rings. The number of carbonyl (C=O) groups is 4. The van der Waals surface area contributed by atoms with Crippen molar-refractivity contribution < 1.29 is 19.2 Å². The van der Waals surface area contributed by atoms with Gasteiger partial charge in [-0.3, -0.25) is 19.3 Å². The number of nitrogens with one attached hydrogen (secondary N) is 1. The Morgan fingerprint density at radius 3 is 2.11 bits per heavy atom. The second-order valence-electron chi connectivity index (χ2n) is 11.6. The Morgan fingerprint density at radius 1 is 0.944 bits per heavy atom. The van der Waals surface area contributed by atoms with Gasteiger partial charge in [-0.15, -0.1) is 0 Å². The van der Waals surface area contributed by atoms with Crippen LogP contribution in [0.2, 0.25) is 0 Å². The van der Waals surface area contributed by atoms with Gasteiger partial charge in [0.2, 0.25) is 11.8 Å². The molecule has 4 rings (SSSR count). The second kappa shape index (κ2) is 10.6. The zero-order valence-corrected chi connectivity index (χ0v) is 21.9. The van der Waals surface area contributed by atoms with Crippen LogP contribution in [0.3, 0.4) is 0 Å². The summed E-state index contributed by atoms with van der Waals surface area (Å²) in [5.41, 5.74) is 0.545. The van der Waals surface area contributed by atoms with E-state index in [1.807, 2.05) is 23.1 Å². The Hall–Kier alpha value is -2.90. The topological polar surface area (TPSA) is 90.0 Å². The lowest BCUT2D eigenvalue weighted by atomic mass is 9.67.